The molecule has 5 unspecified atom stereocenters. The summed E-state index contributed by atoms with van der Waals surface area (Å²) in [6.45, 7) is 14.5. The van der Waals surface area contributed by atoms with E-state index in [1.165, 1.54) is 25.7 Å². The SMILES string of the molecule is C=CC(=O)OC(C)COC(N)=O.C=CC(=O)OCC(C)OC(=O)NCC1CC2CCC1C2.CC.[HH].[HH]. The van der Waals surface area contributed by atoms with E-state index < -0.39 is 36.3 Å². The number of fused-ring (bicyclic) bond motifs is 2. The molecule has 0 aliphatic heterocycles. The van der Waals surface area contributed by atoms with Crippen LogP contribution in [0.5, 0.6) is 0 Å². The normalized spacial score (nSPS) is 21.1. The highest BCUT2D eigenvalue weighted by molar-refractivity contribution is 5.81. The Kier molecular flexibility index (Phi) is 15.9. The molecule has 198 valence electrons. The molecule has 2 aliphatic rings. The van der Waals surface area contributed by atoms with Gasteiger partial charge in [-0.3, -0.25) is 0 Å². The van der Waals surface area contributed by atoms with E-state index in [4.69, 9.17) is 9.47 Å². The number of amides is 2. The predicted molar refractivity (Wildman–Crippen MR) is 131 cm³/mol. The first kappa shape index (κ1) is 31.0. The van der Waals surface area contributed by atoms with Gasteiger partial charge < -0.3 is 30.0 Å². The Bertz CT molecular complexity index is 693. The van der Waals surface area contributed by atoms with E-state index in [0.717, 1.165) is 24.0 Å². The van der Waals surface area contributed by atoms with E-state index >= 15 is 0 Å². The lowest BCUT2D eigenvalue weighted by Gasteiger charge is -2.22. The Morgan fingerprint density at radius 3 is 2.06 bits per heavy atom. The highest BCUT2D eigenvalue weighted by Crippen LogP contribution is 2.47. The maximum absolute atomic E-state index is 11.6. The Morgan fingerprint density at radius 2 is 1.56 bits per heavy atom. The molecule has 5 atom stereocenters. The molecule has 0 aromatic rings. The molecule has 10 nitrogen and oxygen atoms in total. The molecule has 3 N–H and O–H groups in total. The molecule has 2 aliphatic carbocycles. The minimum absolute atomic E-state index is 0. The van der Waals surface area contributed by atoms with E-state index in [1.807, 2.05) is 13.8 Å². The lowest BCUT2D eigenvalue weighted by Crippen LogP contribution is -2.34. The molecule has 0 radical (unpaired) electrons. The standard InChI is InChI=1S/C15H23NO4.C7H11NO4.C2H6.2H2/c1-3-14(17)19-9-10(2)20-15(18)16-8-13-7-11-4-5-12(13)6-11;1-3-6(9)12-5(2)4-11-7(8)10;1-2;;/h3,10-13H,1,4-9H2,2H3,(H,16,18);3,5H,1,4H2,2H3,(H2,8,10);1-2H3;2*1H. The maximum Gasteiger partial charge on any atom is 0.407 e. The molecule has 0 spiro atoms. The second-order valence-corrected chi connectivity index (χ2v) is 7.95. The van der Waals surface area contributed by atoms with Gasteiger partial charge in [-0.2, -0.15) is 0 Å². The van der Waals surface area contributed by atoms with Gasteiger partial charge in [0.2, 0.25) is 0 Å². The predicted octanol–water partition coefficient (Wildman–Crippen LogP) is 3.98. The molecule has 34 heavy (non-hydrogen) atoms. The molecule has 2 amide bonds. The minimum atomic E-state index is -0.892. The summed E-state index contributed by atoms with van der Waals surface area (Å²) < 4.78 is 19.0. The van der Waals surface area contributed by atoms with Crippen LogP contribution in [0.25, 0.3) is 0 Å². The Labute approximate surface area is 205 Å². The molecular formula is C24H44N2O8. The summed E-state index contributed by atoms with van der Waals surface area (Å²) in [5.41, 5.74) is 4.68. The molecule has 2 saturated carbocycles. The molecule has 0 aromatic carbocycles. The van der Waals surface area contributed by atoms with E-state index in [9.17, 15) is 19.2 Å². The van der Waals surface area contributed by atoms with Crippen LogP contribution in [0, 0.1) is 17.8 Å². The van der Waals surface area contributed by atoms with Crippen LogP contribution in [0.2, 0.25) is 0 Å². The third kappa shape index (κ3) is 13.5. The van der Waals surface area contributed by atoms with Crippen molar-refractivity contribution in [2.45, 2.75) is 65.6 Å². The number of nitrogens with two attached hydrogens (primary N) is 1. The van der Waals surface area contributed by atoms with Crippen molar-refractivity contribution in [2.75, 3.05) is 19.8 Å². The van der Waals surface area contributed by atoms with E-state index in [0.29, 0.717) is 12.5 Å². The number of esters is 2. The van der Waals surface area contributed by atoms with Crippen LogP contribution < -0.4 is 11.1 Å². The molecular weight excluding hydrogens is 444 g/mol. The van der Waals surface area contributed by atoms with E-state index in [2.05, 4.69) is 33.7 Å². The number of alkyl carbamates (subject to hydrolysis) is 1. The highest BCUT2D eigenvalue weighted by atomic mass is 16.6. The van der Waals surface area contributed by atoms with Crippen LogP contribution in [-0.2, 0) is 28.5 Å². The zero-order valence-corrected chi connectivity index (χ0v) is 20.7. The van der Waals surface area contributed by atoms with Gasteiger partial charge in [-0.15, -0.1) is 0 Å². The quantitative estimate of drug-likeness (QED) is 0.267. The van der Waals surface area contributed by atoms with Crippen molar-refractivity contribution in [1.29, 1.82) is 0 Å². The summed E-state index contributed by atoms with van der Waals surface area (Å²) in [6.07, 6.45) is 5.04. The Morgan fingerprint density at radius 1 is 0.971 bits per heavy atom. The number of rotatable bonds is 10. The van der Waals surface area contributed by atoms with Crippen molar-refractivity contribution in [3.05, 3.63) is 25.3 Å². The topological polar surface area (TPSA) is 143 Å². The number of nitrogens with one attached hydrogen (secondary N) is 1. The molecule has 2 bridgehead atoms. The van der Waals surface area contributed by atoms with Gasteiger partial charge in [0.05, 0.1) is 0 Å². The number of hydrogen-bond acceptors (Lipinski definition) is 8. The number of ether oxygens (including phenoxy) is 4. The average molecular weight is 489 g/mol. The summed E-state index contributed by atoms with van der Waals surface area (Å²) in [7, 11) is 0. The smallest absolute Gasteiger partial charge is 0.407 e. The van der Waals surface area contributed by atoms with Gasteiger partial charge in [0.25, 0.3) is 0 Å². The largest absolute Gasteiger partial charge is 0.459 e. The molecule has 2 rings (SSSR count). The van der Waals surface area contributed by atoms with Gasteiger partial charge in [-0.25, -0.2) is 19.2 Å². The monoisotopic (exact) mass is 488 g/mol. The third-order valence-electron chi connectivity index (χ3n) is 5.27. The van der Waals surface area contributed by atoms with Crippen molar-refractivity contribution < 1.29 is 41.0 Å². The zero-order valence-electron chi connectivity index (χ0n) is 20.7. The summed E-state index contributed by atoms with van der Waals surface area (Å²) in [4.78, 5) is 43.2. The molecule has 0 saturated heterocycles. The number of hydrogen-bond donors (Lipinski definition) is 2. The summed E-state index contributed by atoms with van der Waals surface area (Å²) in [5, 5.41) is 2.82. The summed E-state index contributed by atoms with van der Waals surface area (Å²) >= 11 is 0. The highest BCUT2D eigenvalue weighted by Gasteiger charge is 2.39. The van der Waals surface area contributed by atoms with Crippen molar-refractivity contribution in [2.24, 2.45) is 23.5 Å². The van der Waals surface area contributed by atoms with Gasteiger partial charge in [-0.1, -0.05) is 33.4 Å². The first-order chi connectivity index (χ1) is 16.1. The molecule has 0 aromatic heterocycles. The fourth-order valence-corrected chi connectivity index (χ4v) is 3.84. The van der Waals surface area contributed by atoms with Gasteiger partial charge in [-0.05, 0) is 50.9 Å². The van der Waals surface area contributed by atoms with Gasteiger partial charge in [0.1, 0.15) is 25.4 Å². The number of carbonyl (C=O) groups excluding carboxylic acids is 4. The van der Waals surface area contributed by atoms with Crippen LogP contribution in [0.1, 0.15) is 56.2 Å². The second kappa shape index (κ2) is 17.4. The summed E-state index contributed by atoms with van der Waals surface area (Å²) in [5.74, 6) is 1.19. The van der Waals surface area contributed by atoms with Crippen LogP contribution in [-0.4, -0.2) is 56.1 Å². The van der Waals surface area contributed by atoms with Crippen molar-refractivity contribution in [1.82, 2.24) is 5.32 Å². The lowest BCUT2D eigenvalue weighted by molar-refractivity contribution is -0.144. The molecule has 2 fully saturated rings. The van der Waals surface area contributed by atoms with Crippen LogP contribution in [0.15, 0.2) is 25.3 Å². The zero-order chi connectivity index (χ0) is 26.1. The van der Waals surface area contributed by atoms with E-state index in [-0.39, 0.29) is 16.1 Å². The summed E-state index contributed by atoms with van der Waals surface area (Å²) in [6, 6.07) is 0. The van der Waals surface area contributed by atoms with Crippen molar-refractivity contribution in [3.8, 4) is 0 Å². The average Bonchev–Trinajstić information content (AvgIpc) is 3.45. The van der Waals surface area contributed by atoms with Gasteiger partial charge >= 0.3 is 24.1 Å². The van der Waals surface area contributed by atoms with Crippen LogP contribution in [0.3, 0.4) is 0 Å². The number of primary amides is 1. The fraction of sp³-hybridized carbons (Fsp3) is 0.667. The fourth-order valence-electron chi connectivity index (χ4n) is 3.84. The molecule has 0 heterocycles. The third-order valence-corrected chi connectivity index (χ3v) is 5.27. The van der Waals surface area contributed by atoms with Gasteiger partial charge in [0, 0.05) is 21.6 Å². The lowest BCUT2D eigenvalue weighted by atomic mass is 9.89. The first-order valence-corrected chi connectivity index (χ1v) is 11.6. The second-order valence-electron chi connectivity index (χ2n) is 7.95. The molecule has 10 heteroatoms. The van der Waals surface area contributed by atoms with E-state index in [1.54, 1.807) is 13.8 Å². The Hall–Kier alpha value is -3.04. The van der Waals surface area contributed by atoms with Crippen molar-refractivity contribution in [3.63, 3.8) is 0 Å². The maximum atomic E-state index is 11.6. The first-order valence-electron chi connectivity index (χ1n) is 11.6. The Balaban J connectivity index is -0.000000594. The van der Waals surface area contributed by atoms with Crippen LogP contribution in [0.4, 0.5) is 9.59 Å². The minimum Gasteiger partial charge on any atom is -0.459 e. The van der Waals surface area contributed by atoms with Crippen molar-refractivity contribution >= 4 is 24.1 Å². The van der Waals surface area contributed by atoms with Crippen LogP contribution >= 0.6 is 0 Å². The number of carbonyl (C=O) groups is 4. The van der Waals surface area contributed by atoms with Gasteiger partial charge in [0.15, 0.2) is 0 Å².